The Hall–Kier alpha value is -1.68. The van der Waals surface area contributed by atoms with Crippen molar-refractivity contribution in [2.24, 2.45) is 0 Å². The van der Waals surface area contributed by atoms with Crippen LogP contribution in [0.3, 0.4) is 0 Å². The largest absolute Gasteiger partial charge is 0.460 e. The van der Waals surface area contributed by atoms with Gasteiger partial charge in [0.05, 0.1) is 6.42 Å². The second-order valence-electron chi connectivity index (χ2n) is 6.55. The molecule has 0 N–H and O–H groups in total. The SMILES string of the molecule is CC(=O)CCN(CCC(=O)OC(C)(C)C)Cc1ccccc1. The van der Waals surface area contributed by atoms with Gasteiger partial charge in [0.1, 0.15) is 11.4 Å². The van der Waals surface area contributed by atoms with E-state index in [1.165, 1.54) is 5.56 Å². The van der Waals surface area contributed by atoms with Gasteiger partial charge >= 0.3 is 5.97 Å². The van der Waals surface area contributed by atoms with E-state index in [9.17, 15) is 9.59 Å². The Labute approximate surface area is 133 Å². The van der Waals surface area contributed by atoms with Crippen molar-refractivity contribution in [3.63, 3.8) is 0 Å². The second kappa shape index (κ2) is 8.69. The molecule has 1 aromatic carbocycles. The van der Waals surface area contributed by atoms with Gasteiger partial charge in [0, 0.05) is 26.1 Å². The molecule has 4 nitrogen and oxygen atoms in total. The van der Waals surface area contributed by atoms with Crippen LogP contribution in [-0.4, -0.2) is 35.3 Å². The smallest absolute Gasteiger partial charge is 0.307 e. The molecule has 0 saturated carbocycles. The van der Waals surface area contributed by atoms with Crippen molar-refractivity contribution in [3.8, 4) is 0 Å². The first-order valence-electron chi connectivity index (χ1n) is 7.74. The van der Waals surface area contributed by atoms with Crippen LogP contribution >= 0.6 is 0 Å². The molecule has 1 rings (SSSR count). The zero-order valence-electron chi connectivity index (χ0n) is 14.1. The second-order valence-corrected chi connectivity index (χ2v) is 6.55. The van der Waals surface area contributed by atoms with Gasteiger partial charge in [0.25, 0.3) is 0 Å². The molecule has 122 valence electrons. The summed E-state index contributed by atoms with van der Waals surface area (Å²) < 4.78 is 5.33. The number of Topliss-reactive ketones (excluding diaryl/α,β-unsaturated/α-hetero) is 1. The maximum atomic E-state index is 11.8. The highest BCUT2D eigenvalue weighted by Gasteiger charge is 2.17. The van der Waals surface area contributed by atoms with Gasteiger partial charge in [-0.3, -0.25) is 14.5 Å². The summed E-state index contributed by atoms with van der Waals surface area (Å²) >= 11 is 0. The molecule has 0 amide bonds. The molecule has 0 aliphatic rings. The lowest BCUT2D eigenvalue weighted by molar-refractivity contribution is -0.155. The minimum absolute atomic E-state index is 0.162. The zero-order valence-corrected chi connectivity index (χ0v) is 14.1. The van der Waals surface area contributed by atoms with Crippen molar-refractivity contribution >= 4 is 11.8 Å². The number of ether oxygens (including phenoxy) is 1. The van der Waals surface area contributed by atoms with E-state index < -0.39 is 5.60 Å². The Bertz CT molecular complexity index is 477. The minimum Gasteiger partial charge on any atom is -0.460 e. The molecule has 0 aliphatic carbocycles. The number of carbonyl (C=O) groups is 2. The number of ketones is 1. The minimum atomic E-state index is -0.458. The summed E-state index contributed by atoms with van der Waals surface area (Å²) in [5, 5.41) is 0. The van der Waals surface area contributed by atoms with Crippen LogP contribution in [-0.2, 0) is 20.9 Å². The van der Waals surface area contributed by atoms with Gasteiger partial charge in [-0.2, -0.15) is 0 Å². The Morgan fingerprint density at radius 3 is 2.18 bits per heavy atom. The molecule has 0 fully saturated rings. The molecule has 0 aliphatic heterocycles. The molecule has 0 atom stereocenters. The van der Waals surface area contributed by atoms with Gasteiger partial charge in [-0.25, -0.2) is 0 Å². The molecule has 0 unspecified atom stereocenters. The summed E-state index contributed by atoms with van der Waals surface area (Å²) in [6.07, 6.45) is 0.836. The molecule has 0 heterocycles. The average Bonchev–Trinajstić information content (AvgIpc) is 2.41. The van der Waals surface area contributed by atoms with E-state index in [4.69, 9.17) is 4.74 Å². The van der Waals surface area contributed by atoms with Gasteiger partial charge in [0.2, 0.25) is 0 Å². The van der Waals surface area contributed by atoms with Crippen LogP contribution < -0.4 is 0 Å². The van der Waals surface area contributed by atoms with E-state index >= 15 is 0 Å². The maximum Gasteiger partial charge on any atom is 0.307 e. The molecule has 0 spiro atoms. The number of hydrogen-bond donors (Lipinski definition) is 0. The van der Waals surface area contributed by atoms with Gasteiger partial charge in [-0.1, -0.05) is 30.3 Å². The molecule has 0 aromatic heterocycles. The summed E-state index contributed by atoms with van der Waals surface area (Å²) in [4.78, 5) is 25.2. The Morgan fingerprint density at radius 2 is 1.64 bits per heavy atom. The molecule has 4 heteroatoms. The number of carbonyl (C=O) groups excluding carboxylic acids is 2. The molecular weight excluding hydrogens is 278 g/mol. The highest BCUT2D eigenvalue weighted by atomic mass is 16.6. The Kier molecular flexibility index (Phi) is 7.25. The summed E-state index contributed by atoms with van der Waals surface area (Å²) in [6, 6.07) is 10.1. The topological polar surface area (TPSA) is 46.6 Å². The van der Waals surface area contributed by atoms with Gasteiger partial charge < -0.3 is 4.74 Å². The molecule has 0 saturated heterocycles. The van der Waals surface area contributed by atoms with Gasteiger partial charge in [-0.05, 0) is 33.3 Å². The molecular formula is C18H27NO3. The summed E-state index contributed by atoms with van der Waals surface area (Å²) in [5.41, 5.74) is 0.719. The summed E-state index contributed by atoms with van der Waals surface area (Å²) in [5.74, 6) is -0.0382. The lowest BCUT2D eigenvalue weighted by Crippen LogP contribution is -2.30. The standard InChI is InChI=1S/C18H27NO3/c1-15(20)10-12-19(14-16-8-6-5-7-9-16)13-11-17(21)22-18(2,3)4/h5-9H,10-14H2,1-4H3. The fourth-order valence-corrected chi connectivity index (χ4v) is 2.07. The van der Waals surface area contributed by atoms with Crippen molar-refractivity contribution in [3.05, 3.63) is 35.9 Å². The number of hydrogen-bond acceptors (Lipinski definition) is 4. The third kappa shape index (κ3) is 8.57. The third-order valence-electron chi connectivity index (χ3n) is 3.08. The predicted molar refractivity (Wildman–Crippen MR) is 87.5 cm³/mol. The van der Waals surface area contributed by atoms with Crippen molar-refractivity contribution < 1.29 is 14.3 Å². The molecule has 22 heavy (non-hydrogen) atoms. The van der Waals surface area contributed by atoms with Crippen LogP contribution in [0.25, 0.3) is 0 Å². The van der Waals surface area contributed by atoms with E-state index in [1.807, 2.05) is 51.1 Å². The fourth-order valence-electron chi connectivity index (χ4n) is 2.07. The number of nitrogens with zero attached hydrogens (tertiary/aromatic N) is 1. The Balaban J connectivity index is 2.54. The highest BCUT2D eigenvalue weighted by molar-refractivity contribution is 5.75. The van der Waals surface area contributed by atoms with Gasteiger partial charge in [-0.15, -0.1) is 0 Å². The van der Waals surface area contributed by atoms with Crippen LogP contribution in [0.1, 0.15) is 46.1 Å². The lowest BCUT2D eigenvalue weighted by atomic mass is 10.2. The van der Waals surface area contributed by atoms with Crippen LogP contribution in [0.15, 0.2) is 30.3 Å². The first-order chi connectivity index (χ1) is 10.3. The fraction of sp³-hybridized carbons (Fsp3) is 0.556. The number of rotatable bonds is 8. The molecule has 0 bridgehead atoms. The van der Waals surface area contributed by atoms with Crippen LogP contribution in [0.5, 0.6) is 0 Å². The Morgan fingerprint density at radius 1 is 1.05 bits per heavy atom. The normalized spacial score (nSPS) is 11.5. The van der Waals surface area contributed by atoms with E-state index in [-0.39, 0.29) is 11.8 Å². The van der Waals surface area contributed by atoms with Crippen molar-refractivity contribution in [1.29, 1.82) is 0 Å². The van der Waals surface area contributed by atoms with E-state index in [1.54, 1.807) is 6.92 Å². The summed E-state index contributed by atoms with van der Waals surface area (Å²) in [7, 11) is 0. The van der Waals surface area contributed by atoms with Crippen LogP contribution in [0.2, 0.25) is 0 Å². The van der Waals surface area contributed by atoms with Crippen molar-refractivity contribution in [1.82, 2.24) is 4.90 Å². The number of benzene rings is 1. The highest BCUT2D eigenvalue weighted by Crippen LogP contribution is 2.10. The molecule has 0 radical (unpaired) electrons. The van der Waals surface area contributed by atoms with E-state index in [0.29, 0.717) is 25.9 Å². The van der Waals surface area contributed by atoms with E-state index in [2.05, 4.69) is 4.90 Å². The van der Waals surface area contributed by atoms with Gasteiger partial charge in [0.15, 0.2) is 0 Å². The first kappa shape index (κ1) is 18.4. The average molecular weight is 305 g/mol. The van der Waals surface area contributed by atoms with Crippen molar-refractivity contribution in [2.45, 2.75) is 52.7 Å². The maximum absolute atomic E-state index is 11.8. The summed E-state index contributed by atoms with van der Waals surface area (Å²) in [6.45, 7) is 9.17. The van der Waals surface area contributed by atoms with Crippen molar-refractivity contribution in [2.75, 3.05) is 13.1 Å². The monoisotopic (exact) mass is 305 g/mol. The third-order valence-corrected chi connectivity index (χ3v) is 3.08. The first-order valence-corrected chi connectivity index (χ1v) is 7.74. The lowest BCUT2D eigenvalue weighted by Gasteiger charge is -2.23. The van der Waals surface area contributed by atoms with E-state index in [0.717, 1.165) is 6.54 Å². The van der Waals surface area contributed by atoms with Crippen LogP contribution in [0, 0.1) is 0 Å². The predicted octanol–water partition coefficient (Wildman–Crippen LogP) is 3.20. The van der Waals surface area contributed by atoms with Crippen LogP contribution in [0.4, 0.5) is 0 Å². The quantitative estimate of drug-likeness (QED) is 0.692. The zero-order chi connectivity index (χ0) is 16.6. The molecule has 1 aromatic rings. The number of esters is 1.